The molecule has 0 spiro atoms. The standard InChI is InChI=1S/C19H19FN2O5/c1-2-16(23)27-22-19(25)26-11-12-3-5-13(6-4-12)17(18(21)24)14-7-9-15(20)10-8-14/h3-10,17H,2,11H2,1H3,(H2,21,24)(H,22,25). The molecule has 8 heteroatoms. The quantitative estimate of drug-likeness (QED) is 0.756. The number of halogens is 1. The van der Waals surface area contributed by atoms with Crippen LogP contribution in [0.4, 0.5) is 9.18 Å². The zero-order chi connectivity index (χ0) is 19.8. The van der Waals surface area contributed by atoms with E-state index in [0.717, 1.165) is 0 Å². The topological polar surface area (TPSA) is 108 Å². The molecular formula is C19H19FN2O5. The number of primary amides is 1. The predicted octanol–water partition coefficient (Wildman–Crippen LogP) is 2.54. The van der Waals surface area contributed by atoms with E-state index in [4.69, 9.17) is 10.5 Å². The van der Waals surface area contributed by atoms with Crippen LogP contribution in [0.15, 0.2) is 48.5 Å². The van der Waals surface area contributed by atoms with Crippen molar-refractivity contribution in [2.45, 2.75) is 25.9 Å². The third-order valence-corrected chi connectivity index (χ3v) is 3.71. The van der Waals surface area contributed by atoms with Crippen LogP contribution in [0.25, 0.3) is 0 Å². The number of rotatable bonds is 6. The van der Waals surface area contributed by atoms with Crippen molar-refractivity contribution in [3.63, 3.8) is 0 Å². The highest BCUT2D eigenvalue weighted by Gasteiger charge is 2.20. The number of carbonyl (C=O) groups is 3. The smallest absolute Gasteiger partial charge is 0.441 e. The molecule has 7 nitrogen and oxygen atoms in total. The van der Waals surface area contributed by atoms with Crippen molar-refractivity contribution in [3.05, 3.63) is 71.0 Å². The van der Waals surface area contributed by atoms with E-state index in [0.29, 0.717) is 16.7 Å². The lowest BCUT2D eigenvalue weighted by Crippen LogP contribution is -2.27. The van der Waals surface area contributed by atoms with Gasteiger partial charge in [-0.15, -0.1) is 5.48 Å². The summed E-state index contributed by atoms with van der Waals surface area (Å²) in [5.41, 5.74) is 9.21. The second-order valence-electron chi connectivity index (χ2n) is 5.63. The summed E-state index contributed by atoms with van der Waals surface area (Å²) in [5.74, 6) is -2.29. The fourth-order valence-electron chi connectivity index (χ4n) is 2.33. The van der Waals surface area contributed by atoms with Gasteiger partial charge in [-0.25, -0.2) is 14.0 Å². The first-order valence-corrected chi connectivity index (χ1v) is 8.16. The molecule has 0 saturated carbocycles. The number of nitrogens with two attached hydrogens (primary N) is 1. The number of ether oxygens (including phenoxy) is 1. The van der Waals surface area contributed by atoms with E-state index in [-0.39, 0.29) is 13.0 Å². The maximum absolute atomic E-state index is 13.1. The Kier molecular flexibility index (Phi) is 6.87. The lowest BCUT2D eigenvalue weighted by atomic mass is 9.90. The molecule has 2 aromatic rings. The highest BCUT2D eigenvalue weighted by molar-refractivity contribution is 5.85. The molecule has 1 atom stereocenters. The van der Waals surface area contributed by atoms with Gasteiger partial charge in [0.05, 0.1) is 5.92 Å². The molecule has 0 heterocycles. The van der Waals surface area contributed by atoms with E-state index in [1.54, 1.807) is 31.2 Å². The summed E-state index contributed by atoms with van der Waals surface area (Å²) in [6.07, 6.45) is -0.779. The van der Waals surface area contributed by atoms with Crippen LogP contribution in [-0.4, -0.2) is 18.0 Å². The van der Waals surface area contributed by atoms with E-state index < -0.39 is 29.7 Å². The first kappa shape index (κ1) is 19.9. The van der Waals surface area contributed by atoms with Crippen molar-refractivity contribution in [1.29, 1.82) is 0 Å². The van der Waals surface area contributed by atoms with Crippen molar-refractivity contribution >= 4 is 18.0 Å². The second-order valence-corrected chi connectivity index (χ2v) is 5.63. The number of carbonyl (C=O) groups excluding carboxylic acids is 3. The van der Waals surface area contributed by atoms with Gasteiger partial charge in [0.1, 0.15) is 12.4 Å². The van der Waals surface area contributed by atoms with E-state index in [9.17, 15) is 18.8 Å². The Morgan fingerprint density at radius 3 is 2.11 bits per heavy atom. The van der Waals surface area contributed by atoms with Crippen LogP contribution in [0.1, 0.15) is 36.0 Å². The van der Waals surface area contributed by atoms with Crippen molar-refractivity contribution in [2.24, 2.45) is 5.73 Å². The van der Waals surface area contributed by atoms with Gasteiger partial charge in [0, 0.05) is 6.42 Å². The van der Waals surface area contributed by atoms with Crippen LogP contribution in [0.5, 0.6) is 0 Å². The molecular weight excluding hydrogens is 355 g/mol. The maximum Gasteiger partial charge on any atom is 0.441 e. The minimum Gasteiger partial charge on any atom is -0.443 e. The zero-order valence-corrected chi connectivity index (χ0v) is 14.6. The SMILES string of the molecule is CCC(=O)ONC(=O)OCc1ccc(C(C(N)=O)c2ccc(F)cc2)cc1. The maximum atomic E-state index is 13.1. The average molecular weight is 374 g/mol. The molecule has 0 radical (unpaired) electrons. The van der Waals surface area contributed by atoms with Gasteiger partial charge in [0.2, 0.25) is 5.91 Å². The average Bonchev–Trinajstić information content (AvgIpc) is 2.66. The summed E-state index contributed by atoms with van der Waals surface area (Å²) in [4.78, 5) is 38.6. The summed E-state index contributed by atoms with van der Waals surface area (Å²) >= 11 is 0. The predicted molar refractivity (Wildman–Crippen MR) is 93.6 cm³/mol. The number of hydrogen-bond acceptors (Lipinski definition) is 5. The van der Waals surface area contributed by atoms with Crippen molar-refractivity contribution in [2.75, 3.05) is 0 Å². The Morgan fingerprint density at radius 1 is 1.04 bits per heavy atom. The van der Waals surface area contributed by atoms with E-state index in [1.807, 2.05) is 5.48 Å². The molecule has 3 N–H and O–H groups in total. The van der Waals surface area contributed by atoms with Gasteiger partial charge in [-0.2, -0.15) is 0 Å². The first-order valence-electron chi connectivity index (χ1n) is 8.16. The highest BCUT2D eigenvalue weighted by atomic mass is 19.1. The van der Waals surface area contributed by atoms with Gasteiger partial charge in [-0.1, -0.05) is 43.3 Å². The summed E-state index contributed by atoms with van der Waals surface area (Å²) in [6.45, 7) is 1.52. The lowest BCUT2D eigenvalue weighted by Gasteiger charge is -2.15. The second kappa shape index (κ2) is 9.33. The van der Waals surface area contributed by atoms with Crippen LogP contribution in [0.3, 0.4) is 0 Å². The molecule has 0 fully saturated rings. The van der Waals surface area contributed by atoms with Gasteiger partial charge in [0.15, 0.2) is 0 Å². The number of hydrogen-bond donors (Lipinski definition) is 2. The van der Waals surface area contributed by atoms with Gasteiger partial charge >= 0.3 is 12.1 Å². The number of nitrogens with one attached hydrogen (secondary N) is 1. The van der Waals surface area contributed by atoms with E-state index in [1.165, 1.54) is 24.3 Å². The molecule has 1 unspecified atom stereocenters. The molecule has 0 aliphatic heterocycles. The molecule has 2 amide bonds. The molecule has 142 valence electrons. The third-order valence-electron chi connectivity index (χ3n) is 3.71. The zero-order valence-electron chi connectivity index (χ0n) is 14.6. The van der Waals surface area contributed by atoms with Crippen molar-refractivity contribution < 1.29 is 28.3 Å². The van der Waals surface area contributed by atoms with Crippen LogP contribution >= 0.6 is 0 Å². The fourth-order valence-corrected chi connectivity index (χ4v) is 2.33. The van der Waals surface area contributed by atoms with Gasteiger partial charge in [0.25, 0.3) is 0 Å². The molecule has 0 aliphatic rings. The molecule has 0 aliphatic carbocycles. The summed E-state index contributed by atoms with van der Waals surface area (Å²) < 4.78 is 18.0. The Balaban J connectivity index is 2.00. The van der Waals surface area contributed by atoms with Crippen LogP contribution < -0.4 is 11.2 Å². The Bertz CT molecular complexity index is 806. The molecule has 2 rings (SSSR count). The Labute approximate surface area is 155 Å². The minimum absolute atomic E-state index is 0.0619. The fraction of sp³-hybridized carbons (Fsp3) is 0.211. The molecule has 2 aromatic carbocycles. The highest BCUT2D eigenvalue weighted by Crippen LogP contribution is 2.25. The molecule has 0 aromatic heterocycles. The van der Waals surface area contributed by atoms with Crippen molar-refractivity contribution in [1.82, 2.24) is 5.48 Å². The molecule has 0 saturated heterocycles. The lowest BCUT2D eigenvalue weighted by molar-refractivity contribution is -0.149. The normalized spacial score (nSPS) is 11.3. The summed E-state index contributed by atoms with van der Waals surface area (Å²) in [5, 5.41) is 0. The minimum atomic E-state index is -0.901. The van der Waals surface area contributed by atoms with Gasteiger partial charge < -0.3 is 15.3 Å². The van der Waals surface area contributed by atoms with Gasteiger partial charge in [-0.05, 0) is 28.8 Å². The van der Waals surface area contributed by atoms with E-state index in [2.05, 4.69) is 4.84 Å². The molecule has 0 bridgehead atoms. The molecule has 27 heavy (non-hydrogen) atoms. The monoisotopic (exact) mass is 374 g/mol. The number of benzene rings is 2. The van der Waals surface area contributed by atoms with Crippen LogP contribution in [0.2, 0.25) is 0 Å². The number of hydroxylamine groups is 1. The van der Waals surface area contributed by atoms with Gasteiger partial charge in [-0.3, -0.25) is 4.79 Å². The van der Waals surface area contributed by atoms with E-state index >= 15 is 0 Å². The largest absolute Gasteiger partial charge is 0.443 e. The Morgan fingerprint density at radius 2 is 1.59 bits per heavy atom. The first-order chi connectivity index (χ1) is 12.9. The van der Waals surface area contributed by atoms with Crippen LogP contribution in [-0.2, 0) is 25.8 Å². The van der Waals surface area contributed by atoms with Crippen LogP contribution in [0, 0.1) is 5.82 Å². The summed E-state index contributed by atoms with van der Waals surface area (Å²) in [6, 6.07) is 12.2. The Hall–Kier alpha value is -3.42. The van der Waals surface area contributed by atoms with Crippen molar-refractivity contribution in [3.8, 4) is 0 Å². The third kappa shape index (κ3) is 5.81. The summed E-state index contributed by atoms with van der Waals surface area (Å²) in [7, 11) is 0. The number of amides is 2.